The van der Waals surface area contributed by atoms with Crippen LogP contribution in [0.25, 0.3) is 0 Å². The maximum Gasteiger partial charge on any atom is 0.241 e. The number of halogens is 2. The zero-order valence-corrected chi connectivity index (χ0v) is 9.63. The fraction of sp³-hybridized carbons (Fsp3) is 1.00. The molecule has 0 aliphatic carbocycles. The summed E-state index contributed by atoms with van der Waals surface area (Å²) in [6.45, 7) is 6.58. The topological polar surface area (TPSA) is 29.3 Å². The van der Waals surface area contributed by atoms with Crippen LogP contribution < -0.4 is 5.73 Å². The number of nitrogens with zero attached hydrogens (tertiary/aromatic N) is 1. The largest absolute Gasteiger partial charge is 0.326 e. The number of piperidine rings is 1. The first-order valence-electron chi connectivity index (χ1n) is 5.76. The highest BCUT2D eigenvalue weighted by Gasteiger charge is 2.26. The normalized spacial score (nSPS) is 22.6. The smallest absolute Gasteiger partial charge is 0.241 e. The summed E-state index contributed by atoms with van der Waals surface area (Å²) in [5.74, 6) is 0.0642. The summed E-state index contributed by atoms with van der Waals surface area (Å²) in [6, 6.07) is 0.160. The molecule has 0 unspecified atom stereocenters. The van der Waals surface area contributed by atoms with Crippen molar-refractivity contribution in [2.45, 2.75) is 39.2 Å². The number of hydrogen-bond donors (Lipinski definition) is 1. The Morgan fingerprint density at radius 3 is 2.20 bits per heavy atom. The number of likely N-dealkylation sites (tertiary alicyclic amines) is 1. The second kappa shape index (κ2) is 5.75. The molecule has 1 aliphatic heterocycles. The molecule has 4 heteroatoms. The van der Waals surface area contributed by atoms with Crippen molar-refractivity contribution >= 4 is 0 Å². The van der Waals surface area contributed by atoms with Gasteiger partial charge in [-0.05, 0) is 31.8 Å². The minimum atomic E-state index is -2.15. The summed E-state index contributed by atoms with van der Waals surface area (Å²) in [7, 11) is 0. The fourth-order valence-electron chi connectivity index (χ4n) is 1.90. The maximum absolute atomic E-state index is 12.4. The van der Waals surface area contributed by atoms with Gasteiger partial charge in [-0.3, -0.25) is 0 Å². The molecule has 0 bridgehead atoms. The number of rotatable bonds is 4. The van der Waals surface area contributed by atoms with Crippen molar-refractivity contribution in [2.75, 3.05) is 19.6 Å². The minimum Gasteiger partial charge on any atom is -0.326 e. The summed E-state index contributed by atoms with van der Waals surface area (Å²) in [5.41, 5.74) is 5.95. The van der Waals surface area contributed by atoms with Crippen LogP contribution in [0, 0.1) is 11.8 Å². The Kier molecular flexibility index (Phi) is 4.93. The first kappa shape index (κ1) is 12.8. The Balaban J connectivity index is 2.25. The van der Waals surface area contributed by atoms with E-state index in [1.54, 1.807) is 0 Å². The van der Waals surface area contributed by atoms with E-state index in [4.69, 9.17) is 5.73 Å². The molecule has 1 rings (SSSR count). The molecule has 1 aliphatic rings. The van der Waals surface area contributed by atoms with Crippen molar-refractivity contribution in [1.82, 2.24) is 4.90 Å². The van der Waals surface area contributed by atoms with E-state index in [-0.39, 0.29) is 6.04 Å². The molecule has 90 valence electrons. The van der Waals surface area contributed by atoms with Crippen molar-refractivity contribution < 1.29 is 8.78 Å². The van der Waals surface area contributed by atoms with Crippen molar-refractivity contribution in [1.29, 1.82) is 0 Å². The lowest BCUT2D eigenvalue weighted by molar-refractivity contribution is 0.0331. The highest BCUT2D eigenvalue weighted by molar-refractivity contribution is 4.77. The molecule has 1 heterocycles. The molecule has 0 aromatic carbocycles. The molecule has 0 radical (unpaired) electrons. The van der Waals surface area contributed by atoms with Gasteiger partial charge in [0, 0.05) is 18.5 Å². The van der Waals surface area contributed by atoms with Crippen LogP contribution in [0.5, 0.6) is 0 Å². The molecule has 2 N–H and O–H groups in total. The second-order valence-corrected chi connectivity index (χ2v) is 4.88. The molecule has 0 amide bonds. The van der Waals surface area contributed by atoms with Crippen LogP contribution in [-0.2, 0) is 0 Å². The van der Waals surface area contributed by atoms with E-state index >= 15 is 0 Å². The molecule has 0 aromatic heterocycles. The molecule has 0 spiro atoms. The van der Waals surface area contributed by atoms with Gasteiger partial charge in [-0.15, -0.1) is 0 Å². The quantitative estimate of drug-likeness (QED) is 0.784. The Labute approximate surface area is 90.8 Å². The molecule has 0 aromatic rings. The maximum atomic E-state index is 12.4. The van der Waals surface area contributed by atoms with E-state index < -0.39 is 12.3 Å². The summed E-state index contributed by atoms with van der Waals surface area (Å²) in [5, 5.41) is 0. The van der Waals surface area contributed by atoms with Gasteiger partial charge in [0.05, 0.1) is 0 Å². The van der Waals surface area contributed by atoms with Crippen LogP contribution >= 0.6 is 0 Å². The van der Waals surface area contributed by atoms with Gasteiger partial charge in [0.2, 0.25) is 6.43 Å². The lowest BCUT2D eigenvalue weighted by atomic mass is 9.96. The summed E-state index contributed by atoms with van der Waals surface area (Å²) in [4.78, 5) is 2.21. The highest BCUT2D eigenvalue weighted by atomic mass is 19.3. The lowest BCUT2D eigenvalue weighted by Crippen LogP contribution is -2.44. The summed E-state index contributed by atoms with van der Waals surface area (Å²) >= 11 is 0. The Hall–Kier alpha value is -0.220. The number of alkyl halides is 2. The first-order chi connectivity index (χ1) is 7.00. The highest BCUT2D eigenvalue weighted by Crippen LogP contribution is 2.23. The van der Waals surface area contributed by atoms with Crippen LogP contribution in [0.3, 0.4) is 0 Å². The monoisotopic (exact) mass is 220 g/mol. The number of hydrogen-bond acceptors (Lipinski definition) is 2. The van der Waals surface area contributed by atoms with E-state index in [1.807, 2.05) is 0 Å². The predicted molar refractivity (Wildman–Crippen MR) is 58.0 cm³/mol. The third-order valence-corrected chi connectivity index (χ3v) is 3.31. The summed E-state index contributed by atoms with van der Waals surface area (Å²) < 4.78 is 24.8. The molecule has 0 saturated carbocycles. The van der Waals surface area contributed by atoms with Gasteiger partial charge < -0.3 is 10.6 Å². The van der Waals surface area contributed by atoms with Crippen LogP contribution in [0.1, 0.15) is 26.7 Å². The van der Waals surface area contributed by atoms with Gasteiger partial charge in [0.15, 0.2) is 0 Å². The molecule has 1 saturated heterocycles. The van der Waals surface area contributed by atoms with Crippen LogP contribution in [-0.4, -0.2) is 37.0 Å². The van der Waals surface area contributed by atoms with E-state index in [1.165, 1.54) is 0 Å². The van der Waals surface area contributed by atoms with Crippen molar-refractivity contribution in [3.05, 3.63) is 0 Å². The zero-order valence-electron chi connectivity index (χ0n) is 9.63. The molecule has 15 heavy (non-hydrogen) atoms. The second-order valence-electron chi connectivity index (χ2n) is 4.88. The van der Waals surface area contributed by atoms with Gasteiger partial charge in [-0.1, -0.05) is 13.8 Å². The van der Waals surface area contributed by atoms with Crippen molar-refractivity contribution in [3.8, 4) is 0 Å². The third kappa shape index (κ3) is 4.03. The molecule has 2 nitrogen and oxygen atoms in total. The third-order valence-electron chi connectivity index (χ3n) is 3.31. The molecular formula is C11H22F2N2. The average Bonchev–Trinajstić information content (AvgIpc) is 2.18. The van der Waals surface area contributed by atoms with Crippen molar-refractivity contribution in [2.24, 2.45) is 17.6 Å². The van der Waals surface area contributed by atoms with Gasteiger partial charge in [-0.2, -0.15) is 0 Å². The Morgan fingerprint density at radius 2 is 1.80 bits per heavy atom. The van der Waals surface area contributed by atoms with Gasteiger partial charge >= 0.3 is 0 Å². The zero-order chi connectivity index (χ0) is 11.4. The minimum absolute atomic E-state index is 0.160. The molecular weight excluding hydrogens is 198 g/mol. The fourth-order valence-corrected chi connectivity index (χ4v) is 1.90. The van der Waals surface area contributed by atoms with Gasteiger partial charge in [-0.25, -0.2) is 8.78 Å². The van der Waals surface area contributed by atoms with Crippen LogP contribution in [0.15, 0.2) is 0 Å². The van der Waals surface area contributed by atoms with E-state index in [0.717, 1.165) is 19.6 Å². The van der Waals surface area contributed by atoms with Gasteiger partial charge in [0.1, 0.15) is 0 Å². The Bertz CT molecular complexity index is 177. The standard InChI is InChI=1S/C11H22F2N2/c1-8(2)10(14)7-15-5-3-9(4-6-15)11(12)13/h8-11H,3-7,14H2,1-2H3/t10-/m1/s1. The van der Waals surface area contributed by atoms with E-state index in [9.17, 15) is 8.78 Å². The first-order valence-corrected chi connectivity index (χ1v) is 5.76. The summed E-state index contributed by atoms with van der Waals surface area (Å²) in [6.07, 6.45) is -0.920. The SMILES string of the molecule is CC(C)[C@H](N)CN1CCC(C(F)F)CC1. The predicted octanol–water partition coefficient (Wildman–Crippen LogP) is 1.95. The van der Waals surface area contributed by atoms with Crippen LogP contribution in [0.2, 0.25) is 0 Å². The van der Waals surface area contributed by atoms with Crippen molar-refractivity contribution in [3.63, 3.8) is 0 Å². The molecule has 1 atom stereocenters. The number of nitrogens with two attached hydrogens (primary N) is 1. The van der Waals surface area contributed by atoms with E-state index in [2.05, 4.69) is 18.7 Å². The van der Waals surface area contributed by atoms with E-state index in [0.29, 0.717) is 18.8 Å². The lowest BCUT2D eigenvalue weighted by Gasteiger charge is -2.33. The van der Waals surface area contributed by atoms with Crippen LogP contribution in [0.4, 0.5) is 8.78 Å². The average molecular weight is 220 g/mol. The molecule has 1 fully saturated rings. The van der Waals surface area contributed by atoms with Gasteiger partial charge in [0.25, 0.3) is 0 Å². The Morgan fingerprint density at radius 1 is 1.27 bits per heavy atom.